The van der Waals surface area contributed by atoms with Crippen molar-refractivity contribution < 1.29 is 9.47 Å². The van der Waals surface area contributed by atoms with Gasteiger partial charge in [-0.1, -0.05) is 0 Å². The van der Waals surface area contributed by atoms with Crippen molar-refractivity contribution in [3.05, 3.63) is 28.1 Å². The molecule has 0 saturated heterocycles. The van der Waals surface area contributed by atoms with Gasteiger partial charge in [-0.05, 0) is 31.5 Å². The fourth-order valence-corrected chi connectivity index (χ4v) is 2.35. The topological polar surface area (TPSA) is 31.4 Å². The smallest absolute Gasteiger partial charge is 0.128 e. The SMILES string of the molecule is COc1cc(-c2csc(C)n2)c(OC)cc1C. The van der Waals surface area contributed by atoms with Crippen molar-refractivity contribution >= 4 is 11.3 Å². The first-order valence-corrected chi connectivity index (χ1v) is 6.18. The molecule has 1 heterocycles. The molecule has 17 heavy (non-hydrogen) atoms. The lowest BCUT2D eigenvalue weighted by atomic mass is 10.1. The van der Waals surface area contributed by atoms with Gasteiger partial charge in [-0.25, -0.2) is 4.98 Å². The molecular formula is C13H15NO2S. The lowest BCUT2D eigenvalue weighted by Gasteiger charge is -2.11. The summed E-state index contributed by atoms with van der Waals surface area (Å²) < 4.78 is 10.7. The third-order valence-corrected chi connectivity index (χ3v) is 3.39. The van der Waals surface area contributed by atoms with Crippen LogP contribution in [0.1, 0.15) is 10.6 Å². The molecule has 0 N–H and O–H groups in total. The molecule has 0 aliphatic rings. The van der Waals surface area contributed by atoms with Gasteiger partial charge in [0.05, 0.1) is 24.9 Å². The van der Waals surface area contributed by atoms with E-state index < -0.39 is 0 Å². The average molecular weight is 249 g/mol. The molecule has 0 aliphatic carbocycles. The number of thiazole rings is 1. The van der Waals surface area contributed by atoms with E-state index in [1.807, 2.05) is 31.4 Å². The zero-order chi connectivity index (χ0) is 12.4. The lowest BCUT2D eigenvalue weighted by Crippen LogP contribution is -1.93. The highest BCUT2D eigenvalue weighted by atomic mass is 32.1. The van der Waals surface area contributed by atoms with Crippen molar-refractivity contribution in [2.75, 3.05) is 14.2 Å². The van der Waals surface area contributed by atoms with E-state index in [0.717, 1.165) is 33.3 Å². The van der Waals surface area contributed by atoms with Gasteiger partial charge in [-0.2, -0.15) is 0 Å². The van der Waals surface area contributed by atoms with Crippen molar-refractivity contribution in [2.45, 2.75) is 13.8 Å². The van der Waals surface area contributed by atoms with Gasteiger partial charge in [0.1, 0.15) is 11.5 Å². The van der Waals surface area contributed by atoms with Crippen molar-refractivity contribution in [3.8, 4) is 22.8 Å². The molecule has 0 amide bonds. The van der Waals surface area contributed by atoms with Crippen molar-refractivity contribution in [1.29, 1.82) is 0 Å². The number of benzene rings is 1. The second kappa shape index (κ2) is 4.75. The van der Waals surface area contributed by atoms with Crippen LogP contribution in [-0.2, 0) is 0 Å². The van der Waals surface area contributed by atoms with E-state index in [-0.39, 0.29) is 0 Å². The molecule has 2 aromatic rings. The van der Waals surface area contributed by atoms with E-state index >= 15 is 0 Å². The molecule has 4 heteroatoms. The number of ether oxygens (including phenoxy) is 2. The minimum absolute atomic E-state index is 0.827. The van der Waals surface area contributed by atoms with Crippen LogP contribution in [-0.4, -0.2) is 19.2 Å². The summed E-state index contributed by atoms with van der Waals surface area (Å²) in [6, 6.07) is 3.95. The molecule has 0 bridgehead atoms. The molecule has 0 saturated carbocycles. The van der Waals surface area contributed by atoms with Crippen molar-refractivity contribution in [1.82, 2.24) is 4.98 Å². The van der Waals surface area contributed by atoms with Crippen LogP contribution >= 0.6 is 11.3 Å². The second-order valence-corrected chi connectivity index (χ2v) is 4.84. The fraction of sp³-hybridized carbons (Fsp3) is 0.308. The molecule has 1 aromatic heterocycles. The highest BCUT2D eigenvalue weighted by Gasteiger charge is 2.12. The number of rotatable bonds is 3. The van der Waals surface area contributed by atoms with E-state index in [1.54, 1.807) is 25.6 Å². The quantitative estimate of drug-likeness (QED) is 0.835. The van der Waals surface area contributed by atoms with Crippen molar-refractivity contribution in [2.24, 2.45) is 0 Å². The van der Waals surface area contributed by atoms with Crippen LogP contribution in [0.25, 0.3) is 11.3 Å². The number of hydrogen-bond donors (Lipinski definition) is 0. The lowest BCUT2D eigenvalue weighted by molar-refractivity contribution is 0.401. The summed E-state index contributed by atoms with van der Waals surface area (Å²) in [7, 11) is 3.34. The first-order valence-electron chi connectivity index (χ1n) is 5.31. The van der Waals surface area contributed by atoms with Crippen LogP contribution in [0.15, 0.2) is 17.5 Å². The zero-order valence-electron chi connectivity index (χ0n) is 10.4. The van der Waals surface area contributed by atoms with Crippen LogP contribution in [0.3, 0.4) is 0 Å². The molecule has 1 aromatic carbocycles. The predicted octanol–water partition coefficient (Wildman–Crippen LogP) is 3.44. The Balaban J connectivity index is 2.58. The molecule has 0 fully saturated rings. The van der Waals surface area contributed by atoms with Gasteiger partial charge in [0, 0.05) is 10.9 Å². The third kappa shape index (κ3) is 2.26. The summed E-state index contributed by atoms with van der Waals surface area (Å²) in [6.07, 6.45) is 0. The normalized spacial score (nSPS) is 10.4. The number of aromatic nitrogens is 1. The van der Waals surface area contributed by atoms with E-state index in [2.05, 4.69) is 4.98 Å². The monoisotopic (exact) mass is 249 g/mol. The Kier molecular flexibility index (Phi) is 3.33. The molecular weight excluding hydrogens is 234 g/mol. The number of hydrogen-bond acceptors (Lipinski definition) is 4. The van der Waals surface area contributed by atoms with Gasteiger partial charge < -0.3 is 9.47 Å². The number of aryl methyl sites for hydroxylation is 2. The molecule has 0 radical (unpaired) electrons. The van der Waals surface area contributed by atoms with Gasteiger partial charge in [0.25, 0.3) is 0 Å². The molecule has 0 spiro atoms. The molecule has 90 valence electrons. The largest absolute Gasteiger partial charge is 0.496 e. The van der Waals surface area contributed by atoms with Gasteiger partial charge in [0.2, 0.25) is 0 Å². The molecule has 0 unspecified atom stereocenters. The Bertz CT molecular complexity index is 534. The average Bonchev–Trinajstić information content (AvgIpc) is 2.75. The Morgan fingerprint density at radius 2 is 1.76 bits per heavy atom. The van der Waals surface area contributed by atoms with E-state index in [4.69, 9.17) is 9.47 Å². The van der Waals surface area contributed by atoms with Crippen molar-refractivity contribution in [3.63, 3.8) is 0 Å². The Morgan fingerprint density at radius 3 is 2.29 bits per heavy atom. The van der Waals surface area contributed by atoms with Crippen LogP contribution in [0.4, 0.5) is 0 Å². The summed E-state index contributed by atoms with van der Waals surface area (Å²) >= 11 is 1.63. The fourth-order valence-electron chi connectivity index (χ4n) is 1.74. The summed E-state index contributed by atoms with van der Waals surface area (Å²) in [5, 5.41) is 3.07. The maximum atomic E-state index is 5.40. The van der Waals surface area contributed by atoms with Crippen LogP contribution in [0, 0.1) is 13.8 Å². The molecule has 2 rings (SSSR count). The highest BCUT2D eigenvalue weighted by molar-refractivity contribution is 7.09. The molecule has 3 nitrogen and oxygen atoms in total. The first kappa shape index (κ1) is 11.9. The maximum Gasteiger partial charge on any atom is 0.128 e. The standard InChI is InChI=1S/C13H15NO2S/c1-8-5-13(16-4)10(6-12(8)15-3)11-7-17-9(2)14-11/h5-7H,1-4H3. The van der Waals surface area contributed by atoms with Crippen LogP contribution in [0.5, 0.6) is 11.5 Å². The number of methoxy groups -OCH3 is 2. The Labute approximate surface area is 105 Å². The van der Waals surface area contributed by atoms with E-state index in [9.17, 15) is 0 Å². The summed E-state index contributed by atoms with van der Waals surface area (Å²) in [5.74, 6) is 1.68. The Morgan fingerprint density at radius 1 is 1.06 bits per heavy atom. The van der Waals surface area contributed by atoms with E-state index in [1.165, 1.54) is 0 Å². The predicted molar refractivity (Wildman–Crippen MR) is 70.1 cm³/mol. The molecule has 0 aliphatic heterocycles. The third-order valence-electron chi connectivity index (χ3n) is 2.61. The van der Waals surface area contributed by atoms with Crippen LogP contribution < -0.4 is 9.47 Å². The Hall–Kier alpha value is -1.55. The summed E-state index contributed by atoms with van der Waals surface area (Å²) in [6.45, 7) is 3.99. The van der Waals surface area contributed by atoms with Gasteiger partial charge in [0.15, 0.2) is 0 Å². The minimum atomic E-state index is 0.827. The van der Waals surface area contributed by atoms with Gasteiger partial charge in [-0.15, -0.1) is 11.3 Å². The van der Waals surface area contributed by atoms with Gasteiger partial charge >= 0.3 is 0 Å². The maximum absolute atomic E-state index is 5.40. The zero-order valence-corrected chi connectivity index (χ0v) is 11.2. The number of nitrogens with zero attached hydrogens (tertiary/aromatic N) is 1. The minimum Gasteiger partial charge on any atom is -0.496 e. The summed E-state index contributed by atoms with van der Waals surface area (Å²) in [4.78, 5) is 4.48. The van der Waals surface area contributed by atoms with Crippen LogP contribution in [0.2, 0.25) is 0 Å². The first-order chi connectivity index (χ1) is 8.15. The second-order valence-electron chi connectivity index (χ2n) is 3.77. The highest BCUT2D eigenvalue weighted by Crippen LogP contribution is 2.36. The summed E-state index contributed by atoms with van der Waals surface area (Å²) in [5.41, 5.74) is 2.96. The van der Waals surface area contributed by atoms with Gasteiger partial charge in [-0.3, -0.25) is 0 Å². The van der Waals surface area contributed by atoms with E-state index in [0.29, 0.717) is 0 Å². The molecule has 0 atom stereocenters.